The number of pyridine rings is 1. The number of hydrogen-bond donors (Lipinski definition) is 0. The van der Waals surface area contributed by atoms with Crippen molar-refractivity contribution in [3.8, 4) is 11.6 Å². The lowest BCUT2D eigenvalue weighted by atomic mass is 10.2. The number of aromatic nitrogens is 2. The zero-order valence-corrected chi connectivity index (χ0v) is 17.5. The van der Waals surface area contributed by atoms with Gasteiger partial charge in [0.05, 0.1) is 4.91 Å². The van der Waals surface area contributed by atoms with Crippen LogP contribution in [-0.4, -0.2) is 31.1 Å². The molecule has 0 bridgehead atoms. The van der Waals surface area contributed by atoms with Gasteiger partial charge in [0, 0.05) is 12.7 Å². The van der Waals surface area contributed by atoms with Gasteiger partial charge in [-0.25, -0.2) is 4.39 Å². The van der Waals surface area contributed by atoms with Crippen molar-refractivity contribution in [2.75, 3.05) is 6.54 Å². The molecule has 3 heterocycles. The standard InChI is InChI=1S/C21H16FN3O3S2/c1-2-10-25-20(27)16(30-21(25)29)12-15-18(28-14-8-6-13(22)7-9-14)23-17-5-3-4-11-24(17)19(15)26/h3-9,11-12H,2,10H2,1H3/b16-12+. The molecular formula is C21H16FN3O3S2. The maximum Gasteiger partial charge on any atom is 0.269 e. The van der Waals surface area contributed by atoms with E-state index in [0.717, 1.165) is 18.2 Å². The number of thioether (sulfide) groups is 1. The molecule has 1 fully saturated rings. The largest absolute Gasteiger partial charge is 0.438 e. The van der Waals surface area contributed by atoms with E-state index in [0.29, 0.717) is 27.2 Å². The van der Waals surface area contributed by atoms with E-state index in [-0.39, 0.29) is 17.4 Å². The number of carbonyl (C=O) groups is 1. The second kappa shape index (κ2) is 8.37. The summed E-state index contributed by atoms with van der Waals surface area (Å²) >= 11 is 6.43. The van der Waals surface area contributed by atoms with E-state index < -0.39 is 11.4 Å². The van der Waals surface area contributed by atoms with Crippen molar-refractivity contribution in [1.82, 2.24) is 14.3 Å². The average Bonchev–Trinajstić information content (AvgIpc) is 3.00. The van der Waals surface area contributed by atoms with Gasteiger partial charge in [-0.1, -0.05) is 37.0 Å². The van der Waals surface area contributed by atoms with Crippen LogP contribution in [0.15, 0.2) is 58.4 Å². The second-order valence-electron chi connectivity index (χ2n) is 6.45. The highest BCUT2D eigenvalue weighted by atomic mass is 32.2. The summed E-state index contributed by atoms with van der Waals surface area (Å²) in [4.78, 5) is 32.1. The molecule has 0 aliphatic carbocycles. The van der Waals surface area contributed by atoms with Gasteiger partial charge in [0.15, 0.2) is 0 Å². The van der Waals surface area contributed by atoms with Gasteiger partial charge < -0.3 is 4.74 Å². The Kier molecular flexibility index (Phi) is 5.65. The van der Waals surface area contributed by atoms with Crippen molar-refractivity contribution in [3.05, 3.63) is 75.3 Å². The number of hydrogen-bond acceptors (Lipinski definition) is 6. The third-order valence-electron chi connectivity index (χ3n) is 4.36. The predicted molar refractivity (Wildman–Crippen MR) is 118 cm³/mol. The van der Waals surface area contributed by atoms with Gasteiger partial charge in [0.25, 0.3) is 11.5 Å². The average molecular weight is 442 g/mol. The van der Waals surface area contributed by atoms with Gasteiger partial charge in [-0.15, -0.1) is 0 Å². The summed E-state index contributed by atoms with van der Waals surface area (Å²) in [6.45, 7) is 2.46. The number of fused-ring (bicyclic) bond motifs is 1. The van der Waals surface area contributed by atoms with Gasteiger partial charge in [-0.2, -0.15) is 4.98 Å². The van der Waals surface area contributed by atoms with E-state index in [1.807, 2.05) is 6.92 Å². The monoisotopic (exact) mass is 441 g/mol. The van der Waals surface area contributed by atoms with Crippen LogP contribution in [0.4, 0.5) is 4.39 Å². The SMILES string of the molecule is CCCN1C(=O)/C(=C\c2c(Oc3ccc(F)cc3)nc3ccccn3c2=O)SC1=S. The van der Waals surface area contributed by atoms with Gasteiger partial charge in [0.1, 0.15) is 27.1 Å². The first kappa shape index (κ1) is 20.2. The minimum atomic E-state index is -0.409. The summed E-state index contributed by atoms with van der Waals surface area (Å²) < 4.78 is 20.9. The molecular weight excluding hydrogens is 425 g/mol. The number of carbonyl (C=O) groups excluding carboxylic acids is 1. The Bertz CT molecular complexity index is 1240. The topological polar surface area (TPSA) is 63.9 Å². The quantitative estimate of drug-likeness (QED) is 0.436. The molecule has 1 aliphatic heterocycles. The maximum absolute atomic E-state index is 13.2. The van der Waals surface area contributed by atoms with Crippen LogP contribution < -0.4 is 10.3 Å². The van der Waals surface area contributed by atoms with Gasteiger partial charge in [0.2, 0.25) is 5.88 Å². The van der Waals surface area contributed by atoms with Crippen LogP contribution in [0.1, 0.15) is 18.9 Å². The fourth-order valence-electron chi connectivity index (χ4n) is 2.95. The Morgan fingerprint density at radius 2 is 1.97 bits per heavy atom. The normalized spacial score (nSPS) is 15.4. The third-order valence-corrected chi connectivity index (χ3v) is 5.74. The van der Waals surface area contributed by atoms with Gasteiger partial charge >= 0.3 is 0 Å². The molecule has 0 unspecified atom stereocenters. The highest BCUT2D eigenvalue weighted by Gasteiger charge is 2.32. The smallest absolute Gasteiger partial charge is 0.269 e. The predicted octanol–water partition coefficient (Wildman–Crippen LogP) is 4.24. The Morgan fingerprint density at radius 1 is 1.20 bits per heavy atom. The highest BCUT2D eigenvalue weighted by molar-refractivity contribution is 8.26. The number of nitrogens with zero attached hydrogens (tertiary/aromatic N) is 3. The summed E-state index contributed by atoms with van der Waals surface area (Å²) in [6, 6.07) is 10.5. The molecule has 0 N–H and O–H groups in total. The number of rotatable bonds is 5. The van der Waals surface area contributed by atoms with Crippen molar-refractivity contribution in [2.45, 2.75) is 13.3 Å². The van der Waals surface area contributed by atoms with E-state index in [2.05, 4.69) is 4.98 Å². The van der Waals surface area contributed by atoms with E-state index in [9.17, 15) is 14.0 Å². The van der Waals surface area contributed by atoms with Crippen molar-refractivity contribution < 1.29 is 13.9 Å². The molecule has 4 rings (SSSR count). The molecule has 0 radical (unpaired) electrons. The number of thiocarbonyl (C=S) groups is 1. The van der Waals surface area contributed by atoms with E-state index in [1.165, 1.54) is 39.6 Å². The molecule has 1 amide bonds. The Morgan fingerprint density at radius 3 is 2.70 bits per heavy atom. The molecule has 152 valence electrons. The molecule has 2 aromatic heterocycles. The van der Waals surface area contributed by atoms with Crippen LogP contribution in [0.25, 0.3) is 11.7 Å². The van der Waals surface area contributed by atoms with Crippen LogP contribution in [0, 0.1) is 5.82 Å². The van der Waals surface area contributed by atoms with E-state index in [1.54, 1.807) is 24.4 Å². The Labute approximate surface area is 181 Å². The molecule has 1 saturated heterocycles. The number of benzene rings is 1. The van der Waals surface area contributed by atoms with E-state index in [4.69, 9.17) is 17.0 Å². The number of ether oxygens (including phenoxy) is 1. The molecule has 0 atom stereocenters. The highest BCUT2D eigenvalue weighted by Crippen LogP contribution is 2.34. The van der Waals surface area contributed by atoms with Crippen LogP contribution in [0.5, 0.6) is 11.6 Å². The summed E-state index contributed by atoms with van der Waals surface area (Å²) in [5.41, 5.74) is 0.105. The number of halogens is 1. The number of amides is 1. The van der Waals surface area contributed by atoms with Crippen molar-refractivity contribution in [1.29, 1.82) is 0 Å². The fraction of sp³-hybridized carbons (Fsp3) is 0.143. The van der Waals surface area contributed by atoms with E-state index >= 15 is 0 Å². The van der Waals surface area contributed by atoms with Crippen LogP contribution >= 0.6 is 24.0 Å². The first-order valence-corrected chi connectivity index (χ1v) is 10.4. The minimum absolute atomic E-state index is 0.0265. The minimum Gasteiger partial charge on any atom is -0.438 e. The lowest BCUT2D eigenvalue weighted by molar-refractivity contribution is -0.122. The molecule has 3 aromatic rings. The maximum atomic E-state index is 13.2. The fourth-order valence-corrected chi connectivity index (χ4v) is 4.24. The van der Waals surface area contributed by atoms with Crippen LogP contribution in [-0.2, 0) is 4.79 Å². The third kappa shape index (κ3) is 3.86. The summed E-state index contributed by atoms with van der Waals surface area (Å²) in [5.74, 6) is -0.318. The first-order chi connectivity index (χ1) is 14.5. The summed E-state index contributed by atoms with van der Waals surface area (Å²) in [6.07, 6.45) is 3.81. The van der Waals surface area contributed by atoms with Crippen molar-refractivity contribution >= 4 is 45.9 Å². The van der Waals surface area contributed by atoms with Crippen molar-refractivity contribution in [3.63, 3.8) is 0 Å². The van der Waals surface area contributed by atoms with Crippen LogP contribution in [0.3, 0.4) is 0 Å². The molecule has 30 heavy (non-hydrogen) atoms. The summed E-state index contributed by atoms with van der Waals surface area (Å²) in [7, 11) is 0. The second-order valence-corrected chi connectivity index (χ2v) is 8.13. The van der Waals surface area contributed by atoms with Gasteiger partial charge in [-0.3, -0.25) is 18.9 Å². The Balaban J connectivity index is 1.84. The molecule has 1 aromatic carbocycles. The van der Waals surface area contributed by atoms with Crippen molar-refractivity contribution in [2.24, 2.45) is 0 Å². The molecule has 9 heteroatoms. The van der Waals surface area contributed by atoms with Crippen LogP contribution in [0.2, 0.25) is 0 Å². The lowest BCUT2D eigenvalue weighted by Crippen LogP contribution is -2.28. The zero-order valence-electron chi connectivity index (χ0n) is 15.9. The molecule has 6 nitrogen and oxygen atoms in total. The van der Waals surface area contributed by atoms with Gasteiger partial charge in [-0.05, 0) is 48.9 Å². The molecule has 0 spiro atoms. The Hall–Kier alpha value is -3.04. The zero-order chi connectivity index (χ0) is 21.3. The summed E-state index contributed by atoms with van der Waals surface area (Å²) in [5, 5.41) is 0. The lowest BCUT2D eigenvalue weighted by Gasteiger charge is -2.12. The molecule has 0 saturated carbocycles. The molecule has 1 aliphatic rings. The first-order valence-electron chi connectivity index (χ1n) is 9.18.